The Hall–Kier alpha value is -3.45. The zero-order valence-corrected chi connectivity index (χ0v) is 18.6. The van der Waals surface area contributed by atoms with Gasteiger partial charge in [-0.15, -0.1) is 11.3 Å². The summed E-state index contributed by atoms with van der Waals surface area (Å²) >= 11 is 1.22. The van der Waals surface area contributed by atoms with Gasteiger partial charge in [0.1, 0.15) is 10.8 Å². The van der Waals surface area contributed by atoms with E-state index in [2.05, 4.69) is 9.97 Å². The first-order chi connectivity index (χ1) is 16.2. The van der Waals surface area contributed by atoms with E-state index in [1.165, 1.54) is 45.8 Å². The van der Waals surface area contributed by atoms with Crippen molar-refractivity contribution in [1.29, 1.82) is 0 Å². The highest BCUT2D eigenvalue weighted by atomic mass is 32.1. The zero-order chi connectivity index (χ0) is 24.2. The van der Waals surface area contributed by atoms with Crippen LogP contribution in [-0.4, -0.2) is 35.4 Å². The van der Waals surface area contributed by atoms with Crippen molar-refractivity contribution in [1.82, 2.24) is 23.7 Å². The van der Waals surface area contributed by atoms with Crippen LogP contribution in [-0.2, 0) is 32.7 Å². The van der Waals surface area contributed by atoms with Gasteiger partial charge in [0, 0.05) is 37.7 Å². The van der Waals surface area contributed by atoms with Gasteiger partial charge in [-0.3, -0.25) is 18.5 Å². The number of aliphatic hydroxyl groups excluding tert-OH is 1. The lowest BCUT2D eigenvalue weighted by Gasteiger charge is -2.14. The highest BCUT2D eigenvalue weighted by molar-refractivity contribution is 7.11. The topological polar surface area (TPSA) is 104 Å². The monoisotopic (exact) mass is 493 g/mol. The van der Waals surface area contributed by atoms with E-state index in [9.17, 15) is 22.8 Å². The van der Waals surface area contributed by atoms with Crippen molar-refractivity contribution < 1.29 is 23.0 Å². The van der Waals surface area contributed by atoms with E-state index in [-0.39, 0.29) is 61.0 Å². The fourth-order valence-corrected chi connectivity index (χ4v) is 4.92. The van der Waals surface area contributed by atoms with Gasteiger partial charge in [-0.2, -0.15) is 18.2 Å². The lowest BCUT2D eigenvalue weighted by atomic mass is 10.0. The molecule has 34 heavy (non-hydrogen) atoms. The van der Waals surface area contributed by atoms with Gasteiger partial charge in [0.05, 0.1) is 12.1 Å². The van der Waals surface area contributed by atoms with Crippen LogP contribution in [0, 0.1) is 0 Å². The molecule has 1 aromatic carbocycles. The molecule has 3 aromatic heterocycles. The molecule has 0 aliphatic carbocycles. The molecular weight excluding hydrogens is 475 g/mol. The van der Waals surface area contributed by atoms with E-state index in [1.807, 2.05) is 0 Å². The average molecular weight is 493 g/mol. The van der Waals surface area contributed by atoms with E-state index in [0.29, 0.717) is 9.88 Å². The van der Waals surface area contributed by atoms with E-state index < -0.39 is 23.0 Å². The molecule has 1 N–H and O–H groups in total. The number of aryl methyl sites for hydroxylation is 1. The number of hydrogen-bond acceptors (Lipinski definition) is 7. The number of thiazole rings is 1. The number of rotatable bonds is 3. The summed E-state index contributed by atoms with van der Waals surface area (Å²) in [5.74, 6) is 0.121. The standard InChI is InChI=1S/C21H18F3N5O4S/c1-27-17-16(18(31)28(20(27)32)5-2-6-30)29-10-15-25-9-13(34-15)8-11-7-12(33-19(29)26-17)3-4-14(11)21(22,23)24/h3-4,7,9,30H,2,5-6,8,10H2,1H3. The number of imidazole rings is 1. The Bertz CT molecular complexity index is 1530. The summed E-state index contributed by atoms with van der Waals surface area (Å²) in [5.41, 5.74) is -1.77. The molecule has 4 aromatic rings. The maximum Gasteiger partial charge on any atom is 0.416 e. The first-order valence-electron chi connectivity index (χ1n) is 10.3. The number of hydrogen-bond donors (Lipinski definition) is 1. The Morgan fingerprint density at radius 1 is 1.26 bits per heavy atom. The molecule has 13 heteroatoms. The van der Waals surface area contributed by atoms with Gasteiger partial charge < -0.3 is 9.84 Å². The van der Waals surface area contributed by atoms with Crippen molar-refractivity contribution in [3.8, 4) is 11.8 Å². The quantitative estimate of drug-likeness (QED) is 0.414. The molecule has 0 amide bonds. The number of aliphatic hydroxyl groups is 1. The normalized spacial score (nSPS) is 13.4. The van der Waals surface area contributed by atoms with Crippen molar-refractivity contribution in [3.05, 3.63) is 66.2 Å². The van der Waals surface area contributed by atoms with E-state index in [0.717, 1.165) is 10.6 Å². The molecule has 4 heterocycles. The van der Waals surface area contributed by atoms with Gasteiger partial charge >= 0.3 is 17.9 Å². The maximum absolute atomic E-state index is 13.6. The van der Waals surface area contributed by atoms with Gasteiger partial charge in [0.15, 0.2) is 11.2 Å². The molecule has 0 saturated carbocycles. The number of alkyl halides is 3. The fourth-order valence-electron chi connectivity index (χ4n) is 3.99. The minimum absolute atomic E-state index is 0.0168. The number of halogens is 3. The minimum atomic E-state index is -4.54. The Kier molecular flexibility index (Phi) is 5.32. The molecular formula is C21H18F3N5O4S. The lowest BCUT2D eigenvalue weighted by molar-refractivity contribution is -0.138. The molecule has 0 radical (unpaired) electrons. The molecule has 0 saturated heterocycles. The van der Waals surface area contributed by atoms with E-state index in [4.69, 9.17) is 9.84 Å². The summed E-state index contributed by atoms with van der Waals surface area (Å²) in [5, 5.41) is 9.69. The summed E-state index contributed by atoms with van der Waals surface area (Å²) in [6.45, 7) is -0.103. The summed E-state index contributed by atoms with van der Waals surface area (Å²) in [4.78, 5) is 35.3. The van der Waals surface area contributed by atoms with Gasteiger partial charge in [-0.25, -0.2) is 9.78 Å². The maximum atomic E-state index is 13.6. The molecule has 0 fully saturated rings. The zero-order valence-electron chi connectivity index (χ0n) is 17.8. The van der Waals surface area contributed by atoms with E-state index in [1.54, 1.807) is 0 Å². The predicted molar refractivity (Wildman–Crippen MR) is 116 cm³/mol. The number of nitrogens with zero attached hydrogens (tertiary/aromatic N) is 5. The van der Waals surface area contributed by atoms with Crippen LogP contribution in [0.5, 0.6) is 11.8 Å². The Balaban J connectivity index is 1.76. The Morgan fingerprint density at radius 2 is 2.06 bits per heavy atom. The molecule has 1 aliphatic rings. The van der Waals surface area contributed by atoms with Crippen molar-refractivity contribution >= 4 is 22.5 Å². The average Bonchev–Trinajstić information content (AvgIpc) is 3.35. The highest BCUT2D eigenvalue weighted by Gasteiger charge is 2.34. The molecule has 0 unspecified atom stereocenters. The summed E-state index contributed by atoms with van der Waals surface area (Å²) in [6, 6.07) is 3.40. The molecule has 1 aliphatic heterocycles. The number of aromatic nitrogens is 5. The SMILES string of the molecule is Cn1c(=O)n(CCCO)c(=O)c2c1nc1n2Cc2ncc(s2)Cc2cc(ccc2C(F)(F)F)O1. The van der Waals surface area contributed by atoms with Gasteiger partial charge in [-0.1, -0.05) is 0 Å². The third-order valence-electron chi connectivity index (χ3n) is 5.59. The second kappa shape index (κ2) is 8.09. The van der Waals surface area contributed by atoms with Gasteiger partial charge in [0.2, 0.25) is 0 Å². The van der Waals surface area contributed by atoms with Crippen molar-refractivity contribution in [3.63, 3.8) is 0 Å². The summed E-state index contributed by atoms with van der Waals surface area (Å²) in [6.07, 6.45) is -2.78. The van der Waals surface area contributed by atoms with Gasteiger partial charge in [-0.05, 0) is 30.2 Å². The lowest BCUT2D eigenvalue weighted by Crippen LogP contribution is -2.39. The number of benzene rings is 1. The van der Waals surface area contributed by atoms with Crippen LogP contribution in [0.3, 0.4) is 0 Å². The highest BCUT2D eigenvalue weighted by Crippen LogP contribution is 2.37. The largest absolute Gasteiger partial charge is 0.425 e. The van der Waals surface area contributed by atoms with E-state index >= 15 is 0 Å². The smallest absolute Gasteiger partial charge is 0.416 e. The number of ether oxygens (including phenoxy) is 1. The van der Waals surface area contributed by atoms with Crippen molar-refractivity contribution in [2.24, 2.45) is 7.05 Å². The van der Waals surface area contributed by atoms with Crippen LogP contribution in [0.2, 0.25) is 0 Å². The Labute approximate surface area is 193 Å². The summed E-state index contributed by atoms with van der Waals surface area (Å²) < 4.78 is 50.2. The Morgan fingerprint density at radius 3 is 2.79 bits per heavy atom. The molecule has 0 atom stereocenters. The summed E-state index contributed by atoms with van der Waals surface area (Å²) in [7, 11) is 1.46. The number of fused-ring (bicyclic) bond motifs is 7. The molecule has 9 nitrogen and oxygen atoms in total. The third-order valence-corrected chi connectivity index (χ3v) is 6.57. The second-order valence-electron chi connectivity index (χ2n) is 7.84. The molecule has 0 spiro atoms. The van der Waals surface area contributed by atoms with Crippen molar-refractivity contribution in [2.75, 3.05) is 6.61 Å². The van der Waals surface area contributed by atoms with Crippen LogP contribution in [0.1, 0.15) is 27.4 Å². The minimum Gasteiger partial charge on any atom is -0.425 e. The van der Waals surface area contributed by atoms with Crippen LogP contribution >= 0.6 is 11.3 Å². The predicted octanol–water partition coefficient (Wildman–Crippen LogP) is 2.50. The fraction of sp³-hybridized carbons (Fsp3) is 0.333. The molecule has 178 valence electrons. The van der Waals surface area contributed by atoms with Crippen LogP contribution < -0.4 is 16.0 Å². The van der Waals surface area contributed by atoms with Crippen LogP contribution in [0.4, 0.5) is 13.2 Å². The van der Waals surface area contributed by atoms with Gasteiger partial charge in [0.25, 0.3) is 5.56 Å². The first-order valence-corrected chi connectivity index (χ1v) is 11.1. The van der Waals surface area contributed by atoms with Crippen LogP contribution in [0.15, 0.2) is 34.0 Å². The molecule has 5 rings (SSSR count). The molecule has 4 bridgehead atoms. The second-order valence-corrected chi connectivity index (χ2v) is 9.04. The third kappa shape index (κ3) is 3.70. The van der Waals surface area contributed by atoms with Crippen molar-refractivity contribution in [2.45, 2.75) is 32.1 Å². The first kappa shape index (κ1) is 22.3. The van der Waals surface area contributed by atoms with Crippen LogP contribution in [0.25, 0.3) is 11.2 Å².